The van der Waals surface area contributed by atoms with Crippen molar-refractivity contribution in [3.63, 3.8) is 0 Å². The molecule has 0 radical (unpaired) electrons. The third-order valence-electron chi connectivity index (χ3n) is 13.0. The Kier molecular flexibility index (Phi) is 46.2. The summed E-state index contributed by atoms with van der Waals surface area (Å²) < 4.78 is 16.8. The van der Waals surface area contributed by atoms with Crippen LogP contribution in [-0.2, 0) is 28.6 Å². The summed E-state index contributed by atoms with van der Waals surface area (Å²) in [5.74, 6) is 1.64. The Morgan fingerprint density at radius 2 is 0.565 bits per heavy atom. The molecule has 0 aromatic heterocycles. The highest BCUT2D eigenvalue weighted by Crippen LogP contribution is 2.18. The Morgan fingerprint density at radius 1 is 0.323 bits per heavy atom. The summed E-state index contributed by atoms with van der Waals surface area (Å²) >= 11 is 0. The second kappa shape index (κ2) is 47.4. The molecule has 0 saturated heterocycles. The maximum Gasteiger partial charge on any atom is 0.306 e. The molecule has 6 nitrogen and oxygen atoms in total. The van der Waals surface area contributed by atoms with Gasteiger partial charge in [0, 0.05) is 19.3 Å². The summed E-state index contributed by atoms with van der Waals surface area (Å²) in [6, 6.07) is 0. The Hall–Kier alpha value is -1.59. The molecular formula is C56H108O6. The van der Waals surface area contributed by atoms with Crippen LogP contribution < -0.4 is 0 Å². The zero-order chi connectivity index (χ0) is 45.6. The van der Waals surface area contributed by atoms with Crippen LogP contribution in [0, 0.1) is 17.8 Å². The lowest BCUT2D eigenvalue weighted by molar-refractivity contribution is -0.167. The first kappa shape index (κ1) is 60.4. The normalized spacial score (nSPS) is 12.6. The summed E-state index contributed by atoms with van der Waals surface area (Å²) in [6.45, 7) is 13.7. The van der Waals surface area contributed by atoms with Gasteiger partial charge in [0.1, 0.15) is 13.2 Å². The van der Waals surface area contributed by atoms with Gasteiger partial charge in [0.25, 0.3) is 0 Å². The van der Waals surface area contributed by atoms with Gasteiger partial charge in [-0.2, -0.15) is 0 Å². The molecule has 0 aliphatic carbocycles. The number of hydrogen-bond donors (Lipinski definition) is 0. The van der Waals surface area contributed by atoms with E-state index in [4.69, 9.17) is 14.2 Å². The van der Waals surface area contributed by atoms with Crippen LogP contribution in [0.25, 0.3) is 0 Å². The van der Waals surface area contributed by atoms with Crippen LogP contribution in [0.4, 0.5) is 0 Å². The number of rotatable bonds is 49. The average Bonchev–Trinajstić information content (AvgIpc) is 3.24. The van der Waals surface area contributed by atoms with Crippen LogP contribution in [0.15, 0.2) is 0 Å². The molecule has 0 aliphatic heterocycles. The lowest BCUT2D eigenvalue weighted by atomic mass is 9.99. The van der Waals surface area contributed by atoms with E-state index in [2.05, 4.69) is 41.5 Å². The molecule has 62 heavy (non-hydrogen) atoms. The molecule has 0 saturated carbocycles. The van der Waals surface area contributed by atoms with Crippen molar-refractivity contribution in [3.8, 4) is 0 Å². The molecule has 1 unspecified atom stereocenters. The van der Waals surface area contributed by atoms with Crippen LogP contribution in [0.2, 0.25) is 0 Å². The van der Waals surface area contributed by atoms with Gasteiger partial charge in [0.15, 0.2) is 6.10 Å². The summed E-state index contributed by atoms with van der Waals surface area (Å²) in [6.07, 6.45) is 48.2. The van der Waals surface area contributed by atoms with E-state index in [-0.39, 0.29) is 31.1 Å². The van der Waals surface area contributed by atoms with E-state index in [0.29, 0.717) is 19.3 Å². The largest absolute Gasteiger partial charge is 0.462 e. The molecule has 0 N–H and O–H groups in total. The molecule has 6 heteroatoms. The Bertz CT molecular complexity index is 962. The van der Waals surface area contributed by atoms with Gasteiger partial charge in [-0.25, -0.2) is 0 Å². The molecule has 0 rings (SSSR count). The van der Waals surface area contributed by atoms with Gasteiger partial charge in [-0.15, -0.1) is 0 Å². The van der Waals surface area contributed by atoms with E-state index in [1.807, 2.05) is 0 Å². The fourth-order valence-electron chi connectivity index (χ4n) is 8.44. The van der Waals surface area contributed by atoms with Crippen molar-refractivity contribution in [2.45, 2.75) is 311 Å². The highest BCUT2D eigenvalue weighted by Gasteiger charge is 2.19. The number of hydrogen-bond acceptors (Lipinski definition) is 6. The maximum absolute atomic E-state index is 12.8. The van der Waals surface area contributed by atoms with E-state index in [1.54, 1.807) is 0 Å². The summed E-state index contributed by atoms with van der Waals surface area (Å²) in [5.41, 5.74) is 0. The van der Waals surface area contributed by atoms with Crippen molar-refractivity contribution in [1.82, 2.24) is 0 Å². The number of carbonyl (C=O) groups is 3. The predicted octanol–water partition coefficient (Wildman–Crippen LogP) is 17.9. The van der Waals surface area contributed by atoms with Crippen molar-refractivity contribution in [1.29, 1.82) is 0 Å². The highest BCUT2D eigenvalue weighted by atomic mass is 16.6. The zero-order valence-electron chi connectivity index (χ0n) is 42.7. The first-order chi connectivity index (χ1) is 30.1. The van der Waals surface area contributed by atoms with Crippen molar-refractivity contribution in [2.24, 2.45) is 17.8 Å². The van der Waals surface area contributed by atoms with Crippen LogP contribution >= 0.6 is 0 Å². The monoisotopic (exact) mass is 877 g/mol. The van der Waals surface area contributed by atoms with Crippen LogP contribution in [0.1, 0.15) is 305 Å². The molecule has 0 aromatic rings. The Balaban J connectivity index is 4.17. The predicted molar refractivity (Wildman–Crippen MR) is 266 cm³/mol. The summed E-state index contributed by atoms with van der Waals surface area (Å²) in [7, 11) is 0. The van der Waals surface area contributed by atoms with E-state index in [1.165, 1.54) is 186 Å². The first-order valence-corrected chi connectivity index (χ1v) is 27.6. The second-order valence-corrected chi connectivity index (χ2v) is 20.4. The van der Waals surface area contributed by atoms with Gasteiger partial charge in [-0.3, -0.25) is 14.4 Å². The quantitative estimate of drug-likeness (QED) is 0.0344. The average molecular weight is 877 g/mol. The smallest absolute Gasteiger partial charge is 0.306 e. The fourth-order valence-corrected chi connectivity index (χ4v) is 8.44. The summed E-state index contributed by atoms with van der Waals surface area (Å²) in [4.78, 5) is 37.9. The third kappa shape index (κ3) is 47.9. The molecule has 2 atom stereocenters. The first-order valence-electron chi connectivity index (χ1n) is 27.6. The van der Waals surface area contributed by atoms with Gasteiger partial charge in [-0.05, 0) is 37.0 Å². The highest BCUT2D eigenvalue weighted by molar-refractivity contribution is 5.71. The van der Waals surface area contributed by atoms with Gasteiger partial charge < -0.3 is 14.2 Å². The Labute approximate surface area is 387 Å². The second-order valence-electron chi connectivity index (χ2n) is 20.4. The van der Waals surface area contributed by atoms with E-state index >= 15 is 0 Å². The maximum atomic E-state index is 12.8. The van der Waals surface area contributed by atoms with Crippen molar-refractivity contribution in [2.75, 3.05) is 13.2 Å². The minimum atomic E-state index is -0.763. The lowest BCUT2D eigenvalue weighted by Gasteiger charge is -2.18. The number of esters is 3. The van der Waals surface area contributed by atoms with Crippen molar-refractivity contribution >= 4 is 17.9 Å². The minimum Gasteiger partial charge on any atom is -0.462 e. The van der Waals surface area contributed by atoms with Crippen molar-refractivity contribution < 1.29 is 28.6 Å². The molecule has 0 spiro atoms. The number of unbranched alkanes of at least 4 members (excludes halogenated alkanes) is 31. The van der Waals surface area contributed by atoms with Crippen LogP contribution in [-0.4, -0.2) is 37.2 Å². The lowest BCUT2D eigenvalue weighted by Crippen LogP contribution is -2.30. The molecular weight excluding hydrogens is 769 g/mol. The SMILES string of the molecule is CCC(C)CCCCCCCCCCCCCCCCCCCCC(=O)OC[C@H](COC(=O)CCCCCCCCCCCC(C)C)OC(=O)CCCCCCCCCC(C)C. The third-order valence-corrected chi connectivity index (χ3v) is 13.0. The van der Waals surface area contributed by atoms with E-state index in [0.717, 1.165) is 75.5 Å². The van der Waals surface area contributed by atoms with Gasteiger partial charge in [-0.1, -0.05) is 266 Å². The molecule has 0 heterocycles. The van der Waals surface area contributed by atoms with E-state index < -0.39 is 6.10 Å². The number of ether oxygens (including phenoxy) is 3. The molecule has 0 amide bonds. The summed E-state index contributed by atoms with van der Waals surface area (Å²) in [5, 5.41) is 0. The number of carbonyl (C=O) groups excluding carboxylic acids is 3. The fraction of sp³-hybridized carbons (Fsp3) is 0.946. The standard InChI is InChI=1S/C56H108O6/c1-7-52(6)44-38-32-26-20-16-14-12-10-8-9-11-13-15-17-21-27-33-39-45-54(57)60-48-53(62-56(59)47-41-35-29-23-25-31-37-43-51(4)5)49-61-55(58)46-40-34-28-22-18-19-24-30-36-42-50(2)3/h50-53H,7-49H2,1-6H3/t52?,53-/m1/s1. The van der Waals surface area contributed by atoms with Gasteiger partial charge in [0.05, 0.1) is 0 Å². The molecule has 0 fully saturated rings. The Morgan fingerprint density at radius 3 is 0.839 bits per heavy atom. The van der Waals surface area contributed by atoms with E-state index in [9.17, 15) is 14.4 Å². The molecule has 0 bridgehead atoms. The topological polar surface area (TPSA) is 78.9 Å². The molecule has 0 aliphatic rings. The minimum absolute atomic E-state index is 0.0650. The zero-order valence-corrected chi connectivity index (χ0v) is 42.7. The van der Waals surface area contributed by atoms with Gasteiger partial charge in [0.2, 0.25) is 0 Å². The van der Waals surface area contributed by atoms with Crippen molar-refractivity contribution in [3.05, 3.63) is 0 Å². The van der Waals surface area contributed by atoms with Crippen LogP contribution in [0.3, 0.4) is 0 Å². The van der Waals surface area contributed by atoms with Crippen LogP contribution in [0.5, 0.6) is 0 Å². The molecule has 0 aromatic carbocycles. The van der Waals surface area contributed by atoms with Gasteiger partial charge >= 0.3 is 17.9 Å². The molecule has 368 valence electrons.